The maximum absolute atomic E-state index is 13.6. The third kappa shape index (κ3) is 5.45. The molecule has 12 heteroatoms. The van der Waals surface area contributed by atoms with Crippen molar-refractivity contribution < 1.29 is 41.0 Å². The van der Waals surface area contributed by atoms with Crippen LogP contribution in [0.1, 0.15) is 49.1 Å². The molecule has 0 aliphatic rings. The molecule has 2 heterocycles. The van der Waals surface area contributed by atoms with Gasteiger partial charge in [0, 0.05) is 18.6 Å². The van der Waals surface area contributed by atoms with E-state index in [1.807, 2.05) is 0 Å². The van der Waals surface area contributed by atoms with E-state index in [4.69, 9.17) is 5.11 Å². The number of carboxylic acids is 1. The van der Waals surface area contributed by atoms with Crippen molar-refractivity contribution in [3.8, 4) is 0 Å². The van der Waals surface area contributed by atoms with Gasteiger partial charge in [0.1, 0.15) is 0 Å². The first kappa shape index (κ1) is 23.7. The molecular formula is C21H13F6N3O3. The first-order chi connectivity index (χ1) is 15.4. The fourth-order valence-corrected chi connectivity index (χ4v) is 2.96. The smallest absolute Gasteiger partial charge is 0.418 e. The topological polar surface area (TPSA) is 92.2 Å². The number of carbonyl (C=O) groups excluding carboxylic acids is 1. The van der Waals surface area contributed by atoms with Gasteiger partial charge in [-0.25, -0.2) is 4.79 Å². The molecule has 0 saturated heterocycles. The normalized spacial score (nSPS) is 12.8. The highest BCUT2D eigenvalue weighted by Crippen LogP contribution is 2.36. The number of nitrogens with zero attached hydrogens (tertiary/aromatic N) is 2. The molecule has 1 unspecified atom stereocenters. The second-order valence-electron chi connectivity index (χ2n) is 6.73. The van der Waals surface area contributed by atoms with Crippen LogP contribution in [0.2, 0.25) is 0 Å². The molecule has 1 amide bonds. The van der Waals surface area contributed by atoms with Gasteiger partial charge >= 0.3 is 18.3 Å². The van der Waals surface area contributed by atoms with Crippen LogP contribution in [0, 0.1) is 0 Å². The molecular weight excluding hydrogens is 456 g/mol. The zero-order chi connectivity index (χ0) is 24.4. The number of benzene rings is 1. The van der Waals surface area contributed by atoms with Crippen LogP contribution in [0.4, 0.5) is 26.3 Å². The molecule has 0 saturated carbocycles. The lowest BCUT2D eigenvalue weighted by atomic mass is 9.97. The molecule has 2 N–H and O–H groups in total. The van der Waals surface area contributed by atoms with Gasteiger partial charge in [0.05, 0.1) is 34.0 Å². The minimum atomic E-state index is -4.87. The van der Waals surface area contributed by atoms with E-state index in [1.165, 1.54) is 0 Å². The largest absolute Gasteiger partial charge is 0.478 e. The molecule has 1 atom stereocenters. The summed E-state index contributed by atoms with van der Waals surface area (Å²) in [4.78, 5) is 31.2. The summed E-state index contributed by atoms with van der Waals surface area (Å²) in [5.41, 5.74) is -3.62. The highest BCUT2D eigenvalue weighted by Gasteiger charge is 2.37. The Morgan fingerprint density at radius 2 is 1.55 bits per heavy atom. The molecule has 6 nitrogen and oxygen atoms in total. The lowest BCUT2D eigenvalue weighted by Gasteiger charge is -2.23. The Morgan fingerprint density at radius 1 is 0.909 bits per heavy atom. The number of hydrogen-bond acceptors (Lipinski definition) is 4. The van der Waals surface area contributed by atoms with Gasteiger partial charge in [0.2, 0.25) is 0 Å². The summed E-state index contributed by atoms with van der Waals surface area (Å²) in [5, 5.41) is 11.3. The quantitative estimate of drug-likeness (QED) is 0.527. The average molecular weight is 469 g/mol. The number of aromatic nitrogens is 2. The predicted molar refractivity (Wildman–Crippen MR) is 101 cm³/mol. The van der Waals surface area contributed by atoms with Crippen molar-refractivity contribution in [3.63, 3.8) is 0 Å². The van der Waals surface area contributed by atoms with Crippen molar-refractivity contribution >= 4 is 11.9 Å². The predicted octanol–water partition coefficient (Wildman–Crippen LogP) is 4.73. The zero-order valence-corrected chi connectivity index (χ0v) is 16.3. The number of aromatic carboxylic acids is 1. The van der Waals surface area contributed by atoms with Crippen LogP contribution in [0.3, 0.4) is 0 Å². The molecule has 0 bridgehead atoms. The van der Waals surface area contributed by atoms with Crippen LogP contribution >= 0.6 is 0 Å². The molecule has 33 heavy (non-hydrogen) atoms. The van der Waals surface area contributed by atoms with Crippen molar-refractivity contribution in [2.45, 2.75) is 18.4 Å². The Hall–Kier alpha value is -3.96. The molecule has 0 fully saturated rings. The van der Waals surface area contributed by atoms with Crippen molar-refractivity contribution in [2.75, 3.05) is 0 Å². The molecule has 3 rings (SSSR count). The summed E-state index contributed by atoms with van der Waals surface area (Å²) in [6.07, 6.45) is -6.55. The standard InChI is InChI=1S/C21H13F6N3O3/c22-20(23,24)14-5-3-11(4-6-14)16(17-15(21(25,26)27)2-1-7-29-17)30-18(31)12-8-13(19(32)33)10-28-9-12/h1-10,16H,(H,30,31)(H,32,33). The molecule has 0 aliphatic heterocycles. The Kier molecular flexibility index (Phi) is 6.38. The third-order valence-electron chi connectivity index (χ3n) is 4.51. The van der Waals surface area contributed by atoms with Crippen LogP contribution in [0.25, 0.3) is 0 Å². The molecule has 0 spiro atoms. The van der Waals surface area contributed by atoms with Gasteiger partial charge in [0.15, 0.2) is 0 Å². The van der Waals surface area contributed by atoms with Gasteiger partial charge in [-0.1, -0.05) is 12.1 Å². The average Bonchev–Trinajstić information content (AvgIpc) is 2.76. The number of hydrogen-bond donors (Lipinski definition) is 2. The monoisotopic (exact) mass is 469 g/mol. The third-order valence-corrected chi connectivity index (χ3v) is 4.51. The summed E-state index contributed by atoms with van der Waals surface area (Å²) in [6.45, 7) is 0. The number of carbonyl (C=O) groups is 2. The number of carboxylic acid groups (broad SMARTS) is 1. The molecule has 2 aromatic heterocycles. The summed E-state index contributed by atoms with van der Waals surface area (Å²) in [5.74, 6) is -2.39. The van der Waals surface area contributed by atoms with E-state index in [0.29, 0.717) is 12.1 Å². The number of halogens is 6. The lowest BCUT2D eigenvalue weighted by molar-refractivity contribution is -0.139. The Bertz CT molecular complexity index is 1180. The van der Waals surface area contributed by atoms with Crippen molar-refractivity contribution in [1.29, 1.82) is 0 Å². The van der Waals surface area contributed by atoms with E-state index in [0.717, 1.165) is 48.9 Å². The Labute approximate surface area is 181 Å². The highest BCUT2D eigenvalue weighted by molar-refractivity contribution is 5.97. The van der Waals surface area contributed by atoms with Gasteiger partial charge < -0.3 is 10.4 Å². The van der Waals surface area contributed by atoms with E-state index in [2.05, 4.69) is 15.3 Å². The first-order valence-corrected chi connectivity index (χ1v) is 9.06. The summed E-state index contributed by atoms with van der Waals surface area (Å²) >= 11 is 0. The number of rotatable bonds is 5. The summed E-state index contributed by atoms with van der Waals surface area (Å²) in [6, 6.07) is 4.28. The lowest BCUT2D eigenvalue weighted by Crippen LogP contribution is -2.32. The second-order valence-corrected chi connectivity index (χ2v) is 6.73. The summed E-state index contributed by atoms with van der Waals surface area (Å²) in [7, 11) is 0. The number of amides is 1. The van der Waals surface area contributed by atoms with Gasteiger partial charge in [-0.2, -0.15) is 26.3 Å². The first-order valence-electron chi connectivity index (χ1n) is 9.06. The maximum atomic E-state index is 13.6. The molecule has 1 aromatic carbocycles. The minimum absolute atomic E-state index is 0.108. The van der Waals surface area contributed by atoms with Crippen molar-refractivity contribution in [2.24, 2.45) is 0 Å². The second kappa shape index (κ2) is 8.88. The van der Waals surface area contributed by atoms with Crippen LogP contribution in [0.5, 0.6) is 0 Å². The van der Waals surface area contributed by atoms with Crippen LogP contribution < -0.4 is 5.32 Å². The fraction of sp³-hybridized carbons (Fsp3) is 0.143. The SMILES string of the molecule is O=C(O)c1cncc(C(=O)NC(c2ccc(C(F)(F)F)cc2)c2ncccc2C(F)(F)F)c1. The van der Waals surface area contributed by atoms with Crippen LogP contribution in [-0.4, -0.2) is 27.0 Å². The van der Waals surface area contributed by atoms with Crippen LogP contribution in [-0.2, 0) is 12.4 Å². The molecule has 172 valence electrons. The van der Waals surface area contributed by atoms with E-state index in [-0.39, 0.29) is 16.7 Å². The fourth-order valence-electron chi connectivity index (χ4n) is 2.96. The van der Waals surface area contributed by atoms with Gasteiger partial charge in [0.25, 0.3) is 5.91 Å². The van der Waals surface area contributed by atoms with Crippen molar-refractivity contribution in [3.05, 3.63) is 94.6 Å². The van der Waals surface area contributed by atoms with E-state index < -0.39 is 47.1 Å². The van der Waals surface area contributed by atoms with Gasteiger partial charge in [-0.15, -0.1) is 0 Å². The van der Waals surface area contributed by atoms with Gasteiger partial charge in [-0.3, -0.25) is 14.8 Å². The van der Waals surface area contributed by atoms with E-state index in [9.17, 15) is 35.9 Å². The maximum Gasteiger partial charge on any atom is 0.418 e. The number of pyridine rings is 2. The highest BCUT2D eigenvalue weighted by atomic mass is 19.4. The Balaban J connectivity index is 2.08. The van der Waals surface area contributed by atoms with Crippen molar-refractivity contribution in [1.82, 2.24) is 15.3 Å². The summed E-state index contributed by atoms with van der Waals surface area (Å²) < 4.78 is 79.4. The Morgan fingerprint density at radius 3 is 2.12 bits per heavy atom. The van der Waals surface area contributed by atoms with Gasteiger partial charge in [-0.05, 0) is 35.9 Å². The molecule has 3 aromatic rings. The van der Waals surface area contributed by atoms with E-state index in [1.54, 1.807) is 0 Å². The molecule has 0 aliphatic carbocycles. The van der Waals surface area contributed by atoms with E-state index >= 15 is 0 Å². The number of nitrogens with one attached hydrogen (secondary N) is 1. The number of alkyl halides is 6. The zero-order valence-electron chi connectivity index (χ0n) is 16.3. The molecule has 0 radical (unpaired) electrons. The minimum Gasteiger partial charge on any atom is -0.478 e. The van der Waals surface area contributed by atoms with Crippen LogP contribution in [0.15, 0.2) is 61.1 Å².